The Hall–Kier alpha value is -4.30. The van der Waals surface area contributed by atoms with Crippen LogP contribution in [-0.4, -0.2) is 70.4 Å². The van der Waals surface area contributed by atoms with E-state index in [9.17, 15) is 61.9 Å². The summed E-state index contributed by atoms with van der Waals surface area (Å²) < 4.78 is 157. The molecule has 0 spiro atoms. The van der Waals surface area contributed by atoms with Crippen LogP contribution in [0.1, 0.15) is 56.0 Å². The zero-order valence-corrected chi connectivity index (χ0v) is 25.3. The largest absolute Gasteiger partial charge is 0.459 e. The Bertz CT molecular complexity index is 1750. The summed E-state index contributed by atoms with van der Waals surface area (Å²) in [5.41, 5.74) is -5.71. The SMILES string of the molecule is Cc1cccc(C(=O)Nc2cnc(Cn3cc(C(F)(F)C(F)(F)F)c(C(F)(F)C(F)(F)F)n3)nc2C)c1C(=O)N[C@@H](C)CS(C)(=O)=O. The lowest BCUT2D eigenvalue weighted by molar-refractivity contribution is -0.302. The number of hydrogen-bond acceptors (Lipinski definition) is 7. The highest BCUT2D eigenvalue weighted by molar-refractivity contribution is 7.90. The molecule has 0 aliphatic carbocycles. The van der Waals surface area contributed by atoms with Gasteiger partial charge < -0.3 is 10.6 Å². The van der Waals surface area contributed by atoms with Crippen LogP contribution in [0, 0.1) is 13.8 Å². The number of aromatic nitrogens is 4. The molecule has 0 aliphatic rings. The molecule has 0 saturated heterocycles. The number of alkyl halides is 10. The van der Waals surface area contributed by atoms with E-state index in [4.69, 9.17) is 0 Å². The van der Waals surface area contributed by atoms with Gasteiger partial charge >= 0.3 is 24.2 Å². The van der Waals surface area contributed by atoms with Gasteiger partial charge in [0.1, 0.15) is 22.2 Å². The Balaban J connectivity index is 1.91. The van der Waals surface area contributed by atoms with E-state index in [1.165, 1.54) is 39.0 Å². The second-order valence-electron chi connectivity index (χ2n) is 10.4. The third kappa shape index (κ3) is 8.17. The maximum Gasteiger partial charge on any atom is 0.459 e. The molecular formula is C26H24F10N6O4S. The van der Waals surface area contributed by atoms with Crippen LogP contribution in [0.3, 0.4) is 0 Å². The second-order valence-corrected chi connectivity index (χ2v) is 12.6. The smallest absolute Gasteiger partial charge is 0.349 e. The van der Waals surface area contributed by atoms with E-state index in [2.05, 4.69) is 25.7 Å². The van der Waals surface area contributed by atoms with Crippen molar-refractivity contribution in [2.75, 3.05) is 17.3 Å². The van der Waals surface area contributed by atoms with Crippen LogP contribution >= 0.6 is 0 Å². The summed E-state index contributed by atoms with van der Waals surface area (Å²) in [6, 6.07) is 3.42. The van der Waals surface area contributed by atoms with Crippen LogP contribution in [-0.2, 0) is 28.2 Å². The molecule has 1 atom stereocenters. The Morgan fingerprint density at radius 2 is 1.53 bits per heavy atom. The molecule has 10 nitrogen and oxygen atoms in total. The monoisotopic (exact) mass is 706 g/mol. The molecule has 0 radical (unpaired) electrons. The number of carbonyl (C=O) groups is 2. The average molecular weight is 707 g/mol. The molecule has 2 amide bonds. The van der Waals surface area contributed by atoms with E-state index in [1.54, 1.807) is 0 Å². The highest BCUT2D eigenvalue weighted by Gasteiger charge is 2.67. The molecule has 47 heavy (non-hydrogen) atoms. The predicted octanol–water partition coefficient (Wildman–Crippen LogP) is 5.06. The summed E-state index contributed by atoms with van der Waals surface area (Å²) in [5, 5.41) is 7.58. The molecule has 2 N–H and O–H groups in total. The lowest BCUT2D eigenvalue weighted by Gasteiger charge is -2.23. The van der Waals surface area contributed by atoms with E-state index < -0.39 is 75.5 Å². The topological polar surface area (TPSA) is 136 Å². The summed E-state index contributed by atoms with van der Waals surface area (Å²) >= 11 is 0. The third-order valence-corrected chi connectivity index (χ3v) is 7.47. The number of hydrogen-bond donors (Lipinski definition) is 2. The minimum atomic E-state index is -6.57. The quantitative estimate of drug-likeness (QED) is 0.282. The standard InChI is InChI=1S/C26H24F10N6O4S/c1-12-6-5-7-15(19(12)22(44)38-13(2)11-47(4,45)46)21(43)40-17-8-37-18(39-14(17)3)10-42-9-16(23(27,28)25(31,32)33)20(41-42)24(29,30)26(34,35)36/h5-9,13H,10-11H2,1-4H3,(H,38,44)(H,40,43)/t13-/m0/s1. The van der Waals surface area contributed by atoms with Gasteiger partial charge in [-0.05, 0) is 32.4 Å². The number of halogens is 10. The fraction of sp³-hybridized carbons (Fsp3) is 0.423. The summed E-state index contributed by atoms with van der Waals surface area (Å²) in [6.07, 6.45) is -11.5. The number of nitrogens with one attached hydrogen (secondary N) is 2. The number of carbonyl (C=O) groups excluding carboxylic acids is 2. The van der Waals surface area contributed by atoms with Gasteiger partial charge in [-0.25, -0.2) is 18.4 Å². The number of benzene rings is 1. The van der Waals surface area contributed by atoms with E-state index >= 15 is 0 Å². The maximum absolute atomic E-state index is 14.0. The maximum atomic E-state index is 14.0. The molecule has 0 aliphatic heterocycles. The summed E-state index contributed by atoms with van der Waals surface area (Å²) in [7, 11) is -3.45. The zero-order valence-electron chi connectivity index (χ0n) is 24.5. The fourth-order valence-electron chi connectivity index (χ4n) is 4.25. The van der Waals surface area contributed by atoms with Crippen LogP contribution in [0.4, 0.5) is 49.6 Å². The van der Waals surface area contributed by atoms with Gasteiger partial charge in [0.2, 0.25) is 0 Å². The van der Waals surface area contributed by atoms with Crippen LogP contribution in [0.25, 0.3) is 0 Å². The third-order valence-electron chi connectivity index (χ3n) is 6.36. The lowest BCUT2D eigenvalue weighted by atomic mass is 10.00. The average Bonchev–Trinajstić information content (AvgIpc) is 3.32. The highest BCUT2D eigenvalue weighted by Crippen LogP contribution is 2.51. The Morgan fingerprint density at radius 3 is 2.06 bits per heavy atom. The summed E-state index contributed by atoms with van der Waals surface area (Å²) in [4.78, 5) is 33.7. The van der Waals surface area contributed by atoms with Crippen LogP contribution in [0.15, 0.2) is 30.6 Å². The van der Waals surface area contributed by atoms with Crippen molar-refractivity contribution < 1.29 is 61.9 Å². The van der Waals surface area contributed by atoms with Gasteiger partial charge in [-0.15, -0.1) is 0 Å². The van der Waals surface area contributed by atoms with E-state index in [0.717, 1.165) is 12.5 Å². The molecule has 0 fully saturated rings. The van der Waals surface area contributed by atoms with Gasteiger partial charge in [-0.1, -0.05) is 12.1 Å². The Morgan fingerprint density at radius 1 is 0.936 bits per heavy atom. The highest BCUT2D eigenvalue weighted by atomic mass is 32.2. The Labute approximate surface area is 259 Å². The minimum absolute atomic E-state index is 0.0423. The molecule has 2 aromatic heterocycles. The van der Waals surface area contributed by atoms with Gasteiger partial charge in [0.15, 0.2) is 5.69 Å². The van der Waals surface area contributed by atoms with Gasteiger partial charge in [0.05, 0.1) is 40.0 Å². The van der Waals surface area contributed by atoms with E-state index in [0.29, 0.717) is 5.56 Å². The van der Waals surface area contributed by atoms with Crippen molar-refractivity contribution in [3.8, 4) is 0 Å². The molecule has 0 saturated carbocycles. The van der Waals surface area contributed by atoms with Crippen molar-refractivity contribution in [2.45, 2.75) is 57.6 Å². The minimum Gasteiger partial charge on any atom is -0.349 e. The first-order valence-electron chi connectivity index (χ1n) is 13.0. The summed E-state index contributed by atoms with van der Waals surface area (Å²) in [6.45, 7) is 3.16. The molecule has 0 bridgehead atoms. The first-order valence-corrected chi connectivity index (χ1v) is 15.0. The molecular weight excluding hydrogens is 682 g/mol. The van der Waals surface area contributed by atoms with Gasteiger partial charge in [-0.3, -0.25) is 14.3 Å². The van der Waals surface area contributed by atoms with Crippen LogP contribution in [0.5, 0.6) is 0 Å². The molecule has 0 unspecified atom stereocenters. The van der Waals surface area contributed by atoms with E-state index in [1.807, 2.05) is 0 Å². The first-order chi connectivity index (χ1) is 21.3. The van der Waals surface area contributed by atoms with Crippen LogP contribution < -0.4 is 10.6 Å². The van der Waals surface area contributed by atoms with Crippen molar-refractivity contribution in [3.05, 3.63) is 70.1 Å². The normalized spacial score (nSPS) is 13.7. The second kappa shape index (κ2) is 12.7. The molecule has 1 aromatic carbocycles. The van der Waals surface area contributed by atoms with Crippen molar-refractivity contribution in [1.82, 2.24) is 25.1 Å². The zero-order chi connectivity index (χ0) is 35.9. The fourth-order valence-corrected chi connectivity index (χ4v) is 5.24. The molecule has 3 aromatic rings. The van der Waals surface area contributed by atoms with E-state index in [-0.39, 0.29) is 39.1 Å². The van der Waals surface area contributed by atoms with Crippen LogP contribution in [0.2, 0.25) is 0 Å². The van der Waals surface area contributed by atoms with Crippen molar-refractivity contribution in [2.24, 2.45) is 0 Å². The number of nitrogens with zero attached hydrogens (tertiary/aromatic N) is 4. The number of anilines is 1. The number of rotatable bonds is 10. The number of amides is 2. The van der Waals surface area contributed by atoms with Gasteiger partial charge in [0, 0.05) is 18.5 Å². The molecule has 3 rings (SSSR count). The van der Waals surface area contributed by atoms with Gasteiger partial charge in [0.25, 0.3) is 11.8 Å². The summed E-state index contributed by atoms with van der Waals surface area (Å²) in [5.74, 6) is -14.9. The molecule has 258 valence electrons. The van der Waals surface area contributed by atoms with Gasteiger partial charge in [-0.2, -0.15) is 49.0 Å². The number of aryl methyl sites for hydroxylation is 2. The van der Waals surface area contributed by atoms with Crippen molar-refractivity contribution in [3.63, 3.8) is 0 Å². The molecule has 21 heteroatoms. The van der Waals surface area contributed by atoms with Crippen molar-refractivity contribution >= 4 is 27.3 Å². The predicted molar refractivity (Wildman–Crippen MR) is 144 cm³/mol. The molecule has 2 heterocycles. The van der Waals surface area contributed by atoms with Crippen molar-refractivity contribution in [1.29, 1.82) is 0 Å². The lowest BCUT2D eigenvalue weighted by Crippen LogP contribution is -2.40. The Kier molecular flexibility index (Phi) is 10.1. The first kappa shape index (κ1) is 37.2. The number of sulfone groups is 1.